The topological polar surface area (TPSA) is 58.4 Å². The quantitative estimate of drug-likeness (QED) is 0.761. The van der Waals surface area contributed by atoms with Crippen LogP contribution in [0.3, 0.4) is 0 Å². The van der Waals surface area contributed by atoms with E-state index in [-0.39, 0.29) is 11.3 Å². The van der Waals surface area contributed by atoms with Gasteiger partial charge in [-0.3, -0.25) is 4.79 Å². The summed E-state index contributed by atoms with van der Waals surface area (Å²) in [5.41, 5.74) is 0.437. The van der Waals surface area contributed by atoms with Gasteiger partial charge in [-0.05, 0) is 24.9 Å². The van der Waals surface area contributed by atoms with E-state index >= 15 is 0 Å². The molecule has 0 aromatic carbocycles. The number of rotatable bonds is 9. The van der Waals surface area contributed by atoms with Crippen molar-refractivity contribution in [2.24, 2.45) is 5.41 Å². The van der Waals surface area contributed by atoms with Crippen molar-refractivity contribution in [3.63, 3.8) is 0 Å². The third kappa shape index (κ3) is 5.16. The molecule has 0 aliphatic rings. The Labute approximate surface area is 128 Å². The van der Waals surface area contributed by atoms with Crippen molar-refractivity contribution in [2.75, 3.05) is 26.2 Å². The molecular weight excluding hydrogens is 266 g/mol. The number of hydrogen-bond acceptors (Lipinski definition) is 4. The molecule has 0 spiro atoms. The van der Waals surface area contributed by atoms with Crippen LogP contribution in [0.25, 0.3) is 0 Å². The van der Waals surface area contributed by atoms with Crippen molar-refractivity contribution in [3.8, 4) is 0 Å². The summed E-state index contributed by atoms with van der Waals surface area (Å²) in [7, 11) is 0. The minimum Gasteiger partial charge on any atom is -0.361 e. The summed E-state index contributed by atoms with van der Waals surface area (Å²) in [6.07, 6.45) is 1.76. The number of nitrogens with one attached hydrogen (secondary N) is 1. The average molecular weight is 295 g/mol. The first kappa shape index (κ1) is 17.7. The van der Waals surface area contributed by atoms with Crippen LogP contribution in [0.4, 0.5) is 0 Å². The maximum atomic E-state index is 12.1. The van der Waals surface area contributed by atoms with Gasteiger partial charge in [0, 0.05) is 25.6 Å². The molecule has 21 heavy (non-hydrogen) atoms. The van der Waals surface area contributed by atoms with E-state index in [1.807, 2.05) is 6.92 Å². The Morgan fingerprint density at radius 2 is 2.00 bits per heavy atom. The van der Waals surface area contributed by atoms with Gasteiger partial charge >= 0.3 is 0 Å². The summed E-state index contributed by atoms with van der Waals surface area (Å²) in [6.45, 7) is 14.4. The lowest BCUT2D eigenvalue weighted by Crippen LogP contribution is -2.43. The molecular formula is C16H29N3O2. The van der Waals surface area contributed by atoms with E-state index in [0.29, 0.717) is 12.2 Å². The first-order chi connectivity index (χ1) is 9.97. The van der Waals surface area contributed by atoms with E-state index in [1.54, 1.807) is 6.07 Å². The number of amides is 1. The summed E-state index contributed by atoms with van der Waals surface area (Å²) in [5.74, 6) is 0.583. The van der Waals surface area contributed by atoms with Crippen LogP contribution >= 0.6 is 0 Å². The molecule has 0 aliphatic carbocycles. The Morgan fingerprint density at radius 3 is 2.48 bits per heavy atom. The molecule has 1 aromatic heterocycles. The molecule has 0 saturated carbocycles. The monoisotopic (exact) mass is 295 g/mol. The molecule has 1 aromatic rings. The van der Waals surface area contributed by atoms with E-state index in [2.05, 4.69) is 43.1 Å². The second-order valence-electron chi connectivity index (χ2n) is 5.84. The fraction of sp³-hybridized carbons (Fsp3) is 0.750. The van der Waals surface area contributed by atoms with Crippen LogP contribution in [0.1, 0.15) is 57.3 Å². The number of aromatic nitrogens is 1. The van der Waals surface area contributed by atoms with Crippen LogP contribution in [-0.4, -0.2) is 42.1 Å². The first-order valence-corrected chi connectivity index (χ1v) is 7.94. The second kappa shape index (κ2) is 8.17. The highest BCUT2D eigenvalue weighted by atomic mass is 16.5. The molecule has 120 valence electrons. The Balaban J connectivity index is 2.59. The molecule has 5 heteroatoms. The maximum absolute atomic E-state index is 12.1. The molecule has 5 nitrogen and oxygen atoms in total. The molecule has 0 bridgehead atoms. The smallest absolute Gasteiger partial charge is 0.273 e. The Morgan fingerprint density at radius 1 is 1.33 bits per heavy atom. The molecule has 0 saturated heterocycles. The number of carbonyl (C=O) groups excluding carboxylic acids is 1. The highest BCUT2D eigenvalue weighted by Crippen LogP contribution is 2.21. The van der Waals surface area contributed by atoms with Crippen molar-refractivity contribution < 1.29 is 9.32 Å². The van der Waals surface area contributed by atoms with E-state index in [9.17, 15) is 4.79 Å². The van der Waals surface area contributed by atoms with Crippen LogP contribution in [0.15, 0.2) is 10.6 Å². The largest absolute Gasteiger partial charge is 0.361 e. The predicted molar refractivity (Wildman–Crippen MR) is 84.4 cm³/mol. The Bertz CT molecular complexity index is 440. The summed E-state index contributed by atoms with van der Waals surface area (Å²) >= 11 is 0. The molecule has 1 N–H and O–H groups in total. The molecule has 1 heterocycles. The predicted octanol–water partition coefficient (Wildman–Crippen LogP) is 2.72. The minimum absolute atomic E-state index is 0.0685. The van der Waals surface area contributed by atoms with E-state index in [0.717, 1.165) is 38.2 Å². The summed E-state index contributed by atoms with van der Waals surface area (Å²) in [6, 6.07) is 1.71. The van der Waals surface area contributed by atoms with E-state index < -0.39 is 0 Å². The Kier molecular flexibility index (Phi) is 6.89. The average Bonchev–Trinajstić information content (AvgIpc) is 2.99. The molecule has 0 radical (unpaired) electrons. The van der Waals surface area contributed by atoms with Gasteiger partial charge in [-0.1, -0.05) is 39.8 Å². The normalized spacial score (nSPS) is 14.2. The number of aryl methyl sites for hydroxylation is 1. The molecule has 1 amide bonds. The standard InChI is InChI=1S/C16H29N3O2/c1-6-13-10-14(18-21-13)15(20)17-11-16(5,7-2)12-19(8-3)9-4/h10H,6-9,11-12H2,1-5H3,(H,17,20). The van der Waals surface area contributed by atoms with Gasteiger partial charge in [0.1, 0.15) is 5.76 Å². The van der Waals surface area contributed by atoms with Crippen molar-refractivity contribution in [3.05, 3.63) is 17.5 Å². The van der Waals surface area contributed by atoms with Gasteiger partial charge in [0.05, 0.1) is 0 Å². The first-order valence-electron chi connectivity index (χ1n) is 7.94. The molecule has 0 aliphatic heterocycles. The van der Waals surface area contributed by atoms with Crippen molar-refractivity contribution in [1.82, 2.24) is 15.4 Å². The van der Waals surface area contributed by atoms with Gasteiger partial charge in [0.2, 0.25) is 0 Å². The van der Waals surface area contributed by atoms with Gasteiger partial charge in [-0.2, -0.15) is 0 Å². The van der Waals surface area contributed by atoms with Gasteiger partial charge in [0.15, 0.2) is 5.69 Å². The third-order valence-electron chi connectivity index (χ3n) is 4.17. The SMILES string of the molecule is CCc1cc(C(=O)NCC(C)(CC)CN(CC)CC)no1. The molecule has 1 unspecified atom stereocenters. The molecule has 1 rings (SSSR count). The number of nitrogens with zero attached hydrogens (tertiary/aromatic N) is 2. The van der Waals surface area contributed by atoms with Crippen LogP contribution in [0.2, 0.25) is 0 Å². The lowest BCUT2D eigenvalue weighted by atomic mass is 9.86. The van der Waals surface area contributed by atoms with Crippen LogP contribution < -0.4 is 5.32 Å². The summed E-state index contributed by atoms with van der Waals surface area (Å²) < 4.78 is 5.07. The zero-order chi connectivity index (χ0) is 15.9. The minimum atomic E-state index is -0.155. The van der Waals surface area contributed by atoms with E-state index in [4.69, 9.17) is 4.52 Å². The lowest BCUT2D eigenvalue weighted by Gasteiger charge is -2.34. The highest BCUT2D eigenvalue weighted by molar-refractivity contribution is 5.92. The van der Waals surface area contributed by atoms with Gasteiger partial charge in [-0.25, -0.2) is 0 Å². The summed E-state index contributed by atoms with van der Waals surface area (Å²) in [4.78, 5) is 14.5. The number of carbonyl (C=O) groups is 1. The summed E-state index contributed by atoms with van der Waals surface area (Å²) in [5, 5.41) is 6.80. The highest BCUT2D eigenvalue weighted by Gasteiger charge is 2.25. The van der Waals surface area contributed by atoms with Crippen LogP contribution in [0.5, 0.6) is 0 Å². The van der Waals surface area contributed by atoms with Crippen LogP contribution in [0, 0.1) is 5.41 Å². The number of hydrogen-bond donors (Lipinski definition) is 1. The molecule has 1 atom stereocenters. The van der Waals surface area contributed by atoms with Gasteiger partial charge < -0.3 is 14.7 Å². The van der Waals surface area contributed by atoms with Crippen molar-refractivity contribution in [1.29, 1.82) is 0 Å². The third-order valence-corrected chi connectivity index (χ3v) is 4.17. The maximum Gasteiger partial charge on any atom is 0.273 e. The van der Waals surface area contributed by atoms with Gasteiger partial charge in [0.25, 0.3) is 5.91 Å². The van der Waals surface area contributed by atoms with Crippen molar-refractivity contribution >= 4 is 5.91 Å². The lowest BCUT2D eigenvalue weighted by molar-refractivity contribution is 0.0904. The van der Waals surface area contributed by atoms with Crippen molar-refractivity contribution in [2.45, 2.75) is 47.5 Å². The fourth-order valence-corrected chi connectivity index (χ4v) is 2.25. The fourth-order valence-electron chi connectivity index (χ4n) is 2.25. The van der Waals surface area contributed by atoms with Gasteiger partial charge in [-0.15, -0.1) is 0 Å². The van der Waals surface area contributed by atoms with Crippen LogP contribution in [-0.2, 0) is 6.42 Å². The molecule has 0 fully saturated rings. The van der Waals surface area contributed by atoms with E-state index in [1.165, 1.54) is 0 Å². The zero-order valence-corrected chi connectivity index (χ0v) is 14.0. The Hall–Kier alpha value is -1.36. The zero-order valence-electron chi connectivity index (χ0n) is 14.0. The second-order valence-corrected chi connectivity index (χ2v) is 5.84.